The molecule has 0 aromatic heterocycles. The first kappa shape index (κ1) is 15.8. The van der Waals surface area contributed by atoms with Crippen molar-refractivity contribution in [3.8, 4) is 5.75 Å². The van der Waals surface area contributed by atoms with E-state index in [-0.39, 0.29) is 0 Å². The Morgan fingerprint density at radius 2 is 2.00 bits per heavy atom. The van der Waals surface area contributed by atoms with Gasteiger partial charge in [-0.25, -0.2) is 0 Å². The largest absolute Gasteiger partial charge is 0.492 e. The number of benzene rings is 1. The summed E-state index contributed by atoms with van der Waals surface area (Å²) in [6.45, 7) is 4.39. The maximum absolute atomic E-state index is 11.0. The highest BCUT2D eigenvalue weighted by Crippen LogP contribution is 2.33. The molecule has 122 valence electrons. The van der Waals surface area contributed by atoms with Crippen molar-refractivity contribution in [1.29, 1.82) is 0 Å². The van der Waals surface area contributed by atoms with E-state index in [1.807, 2.05) is 30.3 Å². The van der Waals surface area contributed by atoms with Crippen LogP contribution in [0.5, 0.6) is 5.75 Å². The molecule has 2 heterocycles. The number of hydrogen-bond donors (Lipinski definition) is 2. The van der Waals surface area contributed by atoms with Crippen molar-refractivity contribution >= 4 is 0 Å². The Hall–Kier alpha value is -1.10. The summed E-state index contributed by atoms with van der Waals surface area (Å²) in [5.74, 6) is 0.902. The molecule has 2 atom stereocenters. The van der Waals surface area contributed by atoms with Gasteiger partial charge in [-0.3, -0.25) is 4.90 Å². The molecule has 0 bridgehead atoms. The van der Waals surface area contributed by atoms with Crippen LogP contribution in [0.2, 0.25) is 0 Å². The molecule has 0 radical (unpaired) electrons. The van der Waals surface area contributed by atoms with Crippen molar-refractivity contribution in [2.45, 2.75) is 43.7 Å². The fraction of sp³-hybridized carbons (Fsp3) is 0.667. The summed E-state index contributed by atoms with van der Waals surface area (Å²) >= 11 is 0. The average Bonchev–Trinajstić information content (AvgIpc) is 2.56. The molecule has 0 aliphatic carbocycles. The van der Waals surface area contributed by atoms with Crippen LogP contribution in [0.4, 0.5) is 0 Å². The topological polar surface area (TPSA) is 44.7 Å². The van der Waals surface area contributed by atoms with Crippen molar-refractivity contribution in [2.24, 2.45) is 0 Å². The lowest BCUT2D eigenvalue weighted by Gasteiger charge is -2.49. The Balaban J connectivity index is 1.42. The van der Waals surface area contributed by atoms with E-state index in [1.54, 1.807) is 0 Å². The van der Waals surface area contributed by atoms with Crippen LogP contribution in [-0.4, -0.2) is 54.4 Å². The molecule has 2 saturated heterocycles. The standard InChI is InChI=1S/C18H28N2O2/c21-18(10-6-13-20-12-5-4-9-17(18)20)15-19-11-14-22-16-7-2-1-3-8-16/h1-3,7-8,17,19,21H,4-6,9-15H2/t17-,18-/m1/s1. The Kier molecular flexibility index (Phi) is 5.34. The predicted octanol–water partition coefficient (Wildman–Crippen LogP) is 2.03. The molecule has 4 heteroatoms. The van der Waals surface area contributed by atoms with Gasteiger partial charge in [0.25, 0.3) is 0 Å². The van der Waals surface area contributed by atoms with E-state index in [0.29, 0.717) is 19.2 Å². The maximum atomic E-state index is 11.0. The summed E-state index contributed by atoms with van der Waals surface area (Å²) in [7, 11) is 0. The predicted molar refractivity (Wildman–Crippen MR) is 88.2 cm³/mol. The summed E-state index contributed by atoms with van der Waals surface area (Å²) in [5.41, 5.74) is -0.564. The van der Waals surface area contributed by atoms with Gasteiger partial charge in [-0.2, -0.15) is 0 Å². The number of aliphatic hydroxyl groups is 1. The van der Waals surface area contributed by atoms with Gasteiger partial charge in [-0.15, -0.1) is 0 Å². The molecule has 0 spiro atoms. The molecule has 2 aliphatic heterocycles. The minimum atomic E-state index is -0.564. The number of hydrogen-bond acceptors (Lipinski definition) is 4. The Morgan fingerprint density at radius 3 is 2.86 bits per heavy atom. The summed E-state index contributed by atoms with van der Waals surface area (Å²) in [5, 5.41) is 14.4. The number of nitrogens with zero attached hydrogens (tertiary/aromatic N) is 1. The van der Waals surface area contributed by atoms with Gasteiger partial charge in [0.05, 0.1) is 5.60 Å². The van der Waals surface area contributed by atoms with Gasteiger partial charge in [0, 0.05) is 19.1 Å². The van der Waals surface area contributed by atoms with Crippen molar-refractivity contribution in [2.75, 3.05) is 32.8 Å². The molecule has 3 rings (SSSR count). The van der Waals surface area contributed by atoms with Gasteiger partial charge < -0.3 is 15.2 Å². The average molecular weight is 304 g/mol. The molecular weight excluding hydrogens is 276 g/mol. The van der Waals surface area contributed by atoms with Gasteiger partial charge in [-0.05, 0) is 50.9 Å². The highest BCUT2D eigenvalue weighted by atomic mass is 16.5. The third-order valence-corrected chi connectivity index (χ3v) is 5.01. The number of piperidine rings is 2. The Bertz CT molecular complexity index is 452. The molecular formula is C18H28N2O2. The van der Waals surface area contributed by atoms with Crippen LogP contribution in [0, 0.1) is 0 Å². The zero-order valence-corrected chi connectivity index (χ0v) is 13.3. The quantitative estimate of drug-likeness (QED) is 0.790. The van der Waals surface area contributed by atoms with Crippen LogP contribution in [0.1, 0.15) is 32.1 Å². The van der Waals surface area contributed by atoms with Crippen LogP contribution < -0.4 is 10.1 Å². The molecule has 2 aliphatic rings. The van der Waals surface area contributed by atoms with Crippen molar-refractivity contribution in [3.05, 3.63) is 30.3 Å². The highest BCUT2D eigenvalue weighted by molar-refractivity contribution is 5.20. The number of nitrogens with one attached hydrogen (secondary N) is 1. The van der Waals surface area contributed by atoms with Crippen molar-refractivity contribution in [1.82, 2.24) is 10.2 Å². The van der Waals surface area contributed by atoms with Crippen LogP contribution >= 0.6 is 0 Å². The van der Waals surface area contributed by atoms with Crippen LogP contribution in [0.15, 0.2) is 30.3 Å². The van der Waals surface area contributed by atoms with Gasteiger partial charge >= 0.3 is 0 Å². The SMILES string of the molecule is O[C@@]1(CNCCOc2ccccc2)CCCN2CCCC[C@@H]21. The fourth-order valence-electron chi connectivity index (χ4n) is 3.89. The molecule has 0 amide bonds. The number of rotatable bonds is 6. The second-order valence-corrected chi connectivity index (χ2v) is 6.59. The maximum Gasteiger partial charge on any atom is 0.119 e. The van der Waals surface area contributed by atoms with E-state index in [9.17, 15) is 5.11 Å². The Labute approximate surface area is 133 Å². The first-order chi connectivity index (χ1) is 10.8. The van der Waals surface area contributed by atoms with Crippen LogP contribution in [0.3, 0.4) is 0 Å². The summed E-state index contributed by atoms with van der Waals surface area (Å²) in [4.78, 5) is 2.50. The fourth-order valence-corrected chi connectivity index (χ4v) is 3.89. The molecule has 4 nitrogen and oxygen atoms in total. The van der Waals surface area contributed by atoms with E-state index < -0.39 is 5.60 Å². The lowest BCUT2D eigenvalue weighted by atomic mass is 9.79. The van der Waals surface area contributed by atoms with E-state index in [0.717, 1.165) is 44.6 Å². The number of ether oxygens (including phenoxy) is 1. The minimum Gasteiger partial charge on any atom is -0.492 e. The second-order valence-electron chi connectivity index (χ2n) is 6.59. The van der Waals surface area contributed by atoms with Gasteiger partial charge in [-0.1, -0.05) is 24.6 Å². The smallest absolute Gasteiger partial charge is 0.119 e. The van der Waals surface area contributed by atoms with Crippen molar-refractivity contribution < 1.29 is 9.84 Å². The van der Waals surface area contributed by atoms with E-state index in [4.69, 9.17) is 4.74 Å². The van der Waals surface area contributed by atoms with E-state index in [2.05, 4.69) is 10.2 Å². The van der Waals surface area contributed by atoms with Gasteiger partial charge in [0.1, 0.15) is 12.4 Å². The monoisotopic (exact) mass is 304 g/mol. The lowest BCUT2D eigenvalue weighted by molar-refractivity contribution is -0.0918. The summed E-state index contributed by atoms with van der Waals surface area (Å²) < 4.78 is 5.68. The summed E-state index contributed by atoms with van der Waals surface area (Å²) in [6.07, 6.45) is 5.69. The van der Waals surface area contributed by atoms with Crippen LogP contribution in [0.25, 0.3) is 0 Å². The summed E-state index contributed by atoms with van der Waals surface area (Å²) in [6, 6.07) is 10.2. The molecule has 0 unspecified atom stereocenters. The second kappa shape index (κ2) is 7.44. The molecule has 2 N–H and O–H groups in total. The molecule has 2 fully saturated rings. The zero-order valence-electron chi connectivity index (χ0n) is 13.3. The van der Waals surface area contributed by atoms with Gasteiger partial charge in [0.15, 0.2) is 0 Å². The third kappa shape index (κ3) is 3.80. The molecule has 22 heavy (non-hydrogen) atoms. The number of fused-ring (bicyclic) bond motifs is 1. The highest BCUT2D eigenvalue weighted by Gasteiger charge is 2.43. The Morgan fingerprint density at radius 1 is 1.18 bits per heavy atom. The molecule has 0 saturated carbocycles. The molecule has 1 aromatic carbocycles. The number of para-hydroxylation sites is 1. The lowest BCUT2D eigenvalue weighted by Crippen LogP contribution is -2.62. The first-order valence-electron chi connectivity index (χ1n) is 8.63. The first-order valence-corrected chi connectivity index (χ1v) is 8.63. The molecule has 1 aromatic rings. The third-order valence-electron chi connectivity index (χ3n) is 5.01. The van der Waals surface area contributed by atoms with E-state index >= 15 is 0 Å². The normalized spacial score (nSPS) is 29.0. The van der Waals surface area contributed by atoms with Gasteiger partial charge in [0.2, 0.25) is 0 Å². The minimum absolute atomic E-state index is 0.345. The van der Waals surface area contributed by atoms with Crippen LogP contribution in [-0.2, 0) is 0 Å². The zero-order chi connectivity index (χ0) is 15.3. The van der Waals surface area contributed by atoms with Crippen molar-refractivity contribution in [3.63, 3.8) is 0 Å². The van der Waals surface area contributed by atoms with E-state index in [1.165, 1.54) is 12.8 Å².